The summed E-state index contributed by atoms with van der Waals surface area (Å²) < 4.78 is 0. The van der Waals surface area contributed by atoms with Crippen molar-refractivity contribution in [1.82, 2.24) is 10.2 Å². The monoisotopic (exact) mass is 204 g/mol. The van der Waals surface area contributed by atoms with E-state index >= 15 is 0 Å². The lowest BCUT2D eigenvalue weighted by Gasteiger charge is -2.44. The van der Waals surface area contributed by atoms with Crippen LogP contribution < -0.4 is 5.32 Å². The Labute approximate surface area is 86.6 Å². The van der Waals surface area contributed by atoms with E-state index in [0.29, 0.717) is 5.54 Å². The highest BCUT2D eigenvalue weighted by atomic mass is 35.5. The van der Waals surface area contributed by atoms with Crippen LogP contribution in [0, 0.1) is 0 Å². The zero-order valence-corrected chi connectivity index (χ0v) is 9.69. The molecule has 0 amide bonds. The molecule has 1 N–H and O–H groups in total. The SMILES string of the molecule is CCC1(CC)CN(C(C)Cl)CCN1. The average molecular weight is 205 g/mol. The first kappa shape index (κ1) is 11.3. The minimum Gasteiger partial charge on any atom is -0.309 e. The van der Waals surface area contributed by atoms with Crippen LogP contribution in [-0.2, 0) is 0 Å². The van der Waals surface area contributed by atoms with Gasteiger partial charge in [0.05, 0.1) is 5.50 Å². The van der Waals surface area contributed by atoms with Crippen molar-refractivity contribution in [2.45, 2.75) is 44.7 Å². The van der Waals surface area contributed by atoms with Crippen molar-refractivity contribution >= 4 is 11.6 Å². The van der Waals surface area contributed by atoms with Gasteiger partial charge in [-0.1, -0.05) is 13.8 Å². The van der Waals surface area contributed by atoms with E-state index in [1.807, 2.05) is 0 Å². The number of hydrogen-bond acceptors (Lipinski definition) is 2. The van der Waals surface area contributed by atoms with Gasteiger partial charge in [0.15, 0.2) is 0 Å². The van der Waals surface area contributed by atoms with Gasteiger partial charge >= 0.3 is 0 Å². The maximum absolute atomic E-state index is 6.10. The molecular weight excluding hydrogens is 184 g/mol. The minimum atomic E-state index is 0.166. The molecule has 1 atom stereocenters. The van der Waals surface area contributed by atoms with Crippen LogP contribution in [0.1, 0.15) is 33.6 Å². The Bertz CT molecular complexity index is 155. The molecule has 0 aromatic carbocycles. The van der Waals surface area contributed by atoms with Crippen LogP contribution >= 0.6 is 11.6 Å². The van der Waals surface area contributed by atoms with Crippen molar-refractivity contribution in [3.8, 4) is 0 Å². The van der Waals surface area contributed by atoms with Crippen molar-refractivity contribution in [2.75, 3.05) is 19.6 Å². The molecule has 2 nitrogen and oxygen atoms in total. The highest BCUT2D eigenvalue weighted by Crippen LogP contribution is 2.21. The molecule has 1 aliphatic rings. The molecule has 1 heterocycles. The molecule has 78 valence electrons. The van der Waals surface area contributed by atoms with Gasteiger partial charge in [-0.25, -0.2) is 0 Å². The minimum absolute atomic E-state index is 0.166. The molecule has 0 saturated carbocycles. The number of nitrogens with one attached hydrogen (secondary N) is 1. The summed E-state index contributed by atoms with van der Waals surface area (Å²) in [5.74, 6) is 0. The summed E-state index contributed by atoms with van der Waals surface area (Å²) in [6.45, 7) is 9.79. The lowest BCUT2D eigenvalue weighted by Crippen LogP contribution is -2.60. The summed E-state index contributed by atoms with van der Waals surface area (Å²) in [5, 5.41) is 3.62. The summed E-state index contributed by atoms with van der Waals surface area (Å²) in [6.07, 6.45) is 2.37. The number of alkyl halides is 1. The lowest BCUT2D eigenvalue weighted by molar-refractivity contribution is 0.117. The van der Waals surface area contributed by atoms with Gasteiger partial charge in [-0.15, -0.1) is 11.6 Å². The van der Waals surface area contributed by atoms with Crippen molar-refractivity contribution in [3.63, 3.8) is 0 Å². The molecule has 3 heteroatoms. The normalized spacial score (nSPS) is 25.8. The van der Waals surface area contributed by atoms with Crippen LogP contribution in [-0.4, -0.2) is 35.6 Å². The zero-order valence-electron chi connectivity index (χ0n) is 8.94. The van der Waals surface area contributed by atoms with Crippen LogP contribution in [0.15, 0.2) is 0 Å². The molecule has 1 saturated heterocycles. The summed E-state index contributed by atoms with van der Waals surface area (Å²) in [5.41, 5.74) is 0.473. The Morgan fingerprint density at radius 1 is 1.46 bits per heavy atom. The van der Waals surface area contributed by atoms with E-state index in [1.165, 1.54) is 12.8 Å². The second-order valence-electron chi connectivity index (χ2n) is 3.96. The third-order valence-corrected chi connectivity index (χ3v) is 3.54. The molecular formula is C10H21ClN2. The zero-order chi connectivity index (χ0) is 9.90. The largest absolute Gasteiger partial charge is 0.309 e. The average Bonchev–Trinajstić information content (AvgIpc) is 2.18. The van der Waals surface area contributed by atoms with Crippen molar-refractivity contribution < 1.29 is 0 Å². The topological polar surface area (TPSA) is 15.3 Å². The second-order valence-corrected chi connectivity index (χ2v) is 4.59. The first-order valence-corrected chi connectivity index (χ1v) is 5.70. The van der Waals surface area contributed by atoms with Crippen molar-refractivity contribution in [1.29, 1.82) is 0 Å². The fourth-order valence-electron chi connectivity index (χ4n) is 2.02. The van der Waals surface area contributed by atoms with Gasteiger partial charge in [0.2, 0.25) is 0 Å². The molecule has 0 aromatic heterocycles. The van der Waals surface area contributed by atoms with Crippen LogP contribution in [0.5, 0.6) is 0 Å². The molecule has 0 radical (unpaired) electrons. The van der Waals surface area contributed by atoms with Gasteiger partial charge < -0.3 is 5.32 Å². The Morgan fingerprint density at radius 3 is 2.54 bits per heavy atom. The fraction of sp³-hybridized carbons (Fsp3) is 1.00. The maximum Gasteiger partial charge on any atom is 0.0822 e. The molecule has 0 spiro atoms. The molecule has 1 rings (SSSR count). The lowest BCUT2D eigenvalue weighted by atomic mass is 9.90. The van der Waals surface area contributed by atoms with Crippen molar-refractivity contribution in [2.24, 2.45) is 0 Å². The van der Waals surface area contributed by atoms with Gasteiger partial charge in [-0.3, -0.25) is 4.90 Å². The predicted octanol–water partition coefficient (Wildman–Crippen LogP) is 2.04. The maximum atomic E-state index is 6.10. The number of piperazine rings is 1. The Kier molecular flexibility index (Phi) is 4.02. The van der Waals surface area contributed by atoms with Crippen molar-refractivity contribution in [3.05, 3.63) is 0 Å². The quantitative estimate of drug-likeness (QED) is 0.559. The van der Waals surface area contributed by atoms with Crippen LogP contribution in [0.3, 0.4) is 0 Å². The molecule has 13 heavy (non-hydrogen) atoms. The van der Waals surface area contributed by atoms with Gasteiger partial charge in [-0.05, 0) is 19.8 Å². The second kappa shape index (κ2) is 4.63. The molecule has 1 unspecified atom stereocenters. The third kappa shape index (κ3) is 2.58. The van der Waals surface area contributed by atoms with E-state index < -0.39 is 0 Å². The van der Waals surface area contributed by atoms with Crippen LogP contribution in [0.4, 0.5) is 0 Å². The Balaban J connectivity index is 2.58. The molecule has 1 aliphatic heterocycles. The predicted molar refractivity (Wildman–Crippen MR) is 58.2 cm³/mol. The van der Waals surface area contributed by atoms with E-state index in [-0.39, 0.29) is 5.50 Å². The first-order chi connectivity index (χ1) is 6.13. The van der Waals surface area contributed by atoms with Crippen LogP contribution in [0.2, 0.25) is 0 Å². The molecule has 0 aliphatic carbocycles. The standard InChI is InChI=1S/C10H21ClN2/c1-4-10(5-2)8-13(9(3)11)7-6-12-10/h9,12H,4-8H2,1-3H3. The summed E-state index contributed by atoms with van der Waals surface area (Å²) in [6, 6.07) is 0. The Morgan fingerprint density at radius 2 is 2.08 bits per heavy atom. The fourth-order valence-corrected chi connectivity index (χ4v) is 2.18. The Hall–Kier alpha value is 0.210. The highest BCUT2D eigenvalue weighted by Gasteiger charge is 2.32. The third-order valence-electron chi connectivity index (χ3n) is 3.26. The number of nitrogens with zero attached hydrogens (tertiary/aromatic N) is 1. The van der Waals surface area contributed by atoms with E-state index in [2.05, 4.69) is 31.0 Å². The van der Waals surface area contributed by atoms with E-state index in [4.69, 9.17) is 11.6 Å². The van der Waals surface area contributed by atoms with Gasteiger partial charge in [-0.2, -0.15) is 0 Å². The van der Waals surface area contributed by atoms with E-state index in [9.17, 15) is 0 Å². The van der Waals surface area contributed by atoms with E-state index in [1.54, 1.807) is 0 Å². The smallest absolute Gasteiger partial charge is 0.0822 e. The van der Waals surface area contributed by atoms with E-state index in [0.717, 1.165) is 19.6 Å². The van der Waals surface area contributed by atoms with Gasteiger partial charge in [0, 0.05) is 25.2 Å². The van der Waals surface area contributed by atoms with Gasteiger partial charge in [0.1, 0.15) is 0 Å². The highest BCUT2D eigenvalue weighted by molar-refractivity contribution is 6.20. The number of halogens is 1. The van der Waals surface area contributed by atoms with Gasteiger partial charge in [0.25, 0.3) is 0 Å². The summed E-state index contributed by atoms with van der Waals surface area (Å²) >= 11 is 6.10. The molecule has 0 aromatic rings. The first-order valence-electron chi connectivity index (χ1n) is 5.26. The summed E-state index contributed by atoms with van der Waals surface area (Å²) in [4.78, 5) is 2.35. The van der Waals surface area contributed by atoms with Crippen LogP contribution in [0.25, 0.3) is 0 Å². The molecule has 0 bridgehead atoms. The molecule has 1 fully saturated rings. The number of rotatable bonds is 3. The summed E-state index contributed by atoms with van der Waals surface area (Å²) in [7, 11) is 0. The number of hydrogen-bond donors (Lipinski definition) is 1.